The van der Waals surface area contributed by atoms with E-state index in [9.17, 15) is 4.39 Å². The number of hydrogen-bond donors (Lipinski definition) is 1. The van der Waals surface area contributed by atoms with E-state index in [0.717, 1.165) is 18.4 Å². The Morgan fingerprint density at radius 1 is 1.10 bits per heavy atom. The first-order valence-electron chi connectivity index (χ1n) is 7.14. The first-order chi connectivity index (χ1) is 9.53. The molecule has 1 unspecified atom stereocenters. The minimum absolute atomic E-state index is 0.186. The molecule has 0 spiro atoms. The van der Waals surface area contributed by atoms with Crippen molar-refractivity contribution in [3.63, 3.8) is 0 Å². The number of hydrogen-bond acceptors (Lipinski definition) is 1. The van der Waals surface area contributed by atoms with Crippen LogP contribution >= 0.6 is 0 Å². The third kappa shape index (κ3) is 3.45. The molecule has 0 aromatic heterocycles. The summed E-state index contributed by atoms with van der Waals surface area (Å²) >= 11 is 0. The van der Waals surface area contributed by atoms with Gasteiger partial charge in [-0.1, -0.05) is 55.8 Å². The summed E-state index contributed by atoms with van der Waals surface area (Å²) < 4.78 is 13.8. The fourth-order valence-electron chi connectivity index (χ4n) is 2.51. The molecule has 20 heavy (non-hydrogen) atoms. The van der Waals surface area contributed by atoms with Crippen molar-refractivity contribution < 1.29 is 4.39 Å². The van der Waals surface area contributed by atoms with Gasteiger partial charge in [0.05, 0.1) is 0 Å². The monoisotopic (exact) mass is 271 g/mol. The lowest BCUT2D eigenvalue weighted by Crippen LogP contribution is -2.35. The molecule has 2 aromatic rings. The van der Waals surface area contributed by atoms with Crippen molar-refractivity contribution in [1.29, 1.82) is 0 Å². The molecule has 0 aliphatic rings. The second kappa shape index (κ2) is 6.19. The van der Waals surface area contributed by atoms with Gasteiger partial charge in [-0.3, -0.25) is 0 Å². The van der Waals surface area contributed by atoms with Gasteiger partial charge in [0.2, 0.25) is 0 Å². The van der Waals surface area contributed by atoms with E-state index < -0.39 is 5.54 Å². The van der Waals surface area contributed by atoms with E-state index in [1.807, 2.05) is 25.1 Å². The first-order valence-corrected chi connectivity index (χ1v) is 7.14. The van der Waals surface area contributed by atoms with Crippen LogP contribution in [-0.4, -0.2) is 0 Å². The summed E-state index contributed by atoms with van der Waals surface area (Å²) in [6, 6.07) is 15.2. The molecule has 106 valence electrons. The Kier molecular flexibility index (Phi) is 4.56. The van der Waals surface area contributed by atoms with Crippen LogP contribution in [0.5, 0.6) is 0 Å². The molecule has 0 amide bonds. The van der Waals surface area contributed by atoms with E-state index >= 15 is 0 Å². The van der Waals surface area contributed by atoms with Crippen LogP contribution in [0.1, 0.15) is 37.0 Å². The van der Waals surface area contributed by atoms with E-state index in [1.165, 1.54) is 11.6 Å². The highest BCUT2D eigenvalue weighted by Crippen LogP contribution is 2.25. The van der Waals surface area contributed by atoms with Crippen molar-refractivity contribution in [2.24, 2.45) is 5.73 Å². The summed E-state index contributed by atoms with van der Waals surface area (Å²) in [7, 11) is 0. The molecule has 0 saturated carbocycles. The lowest BCUT2D eigenvalue weighted by molar-refractivity contribution is 0.475. The molecule has 2 N–H and O–H groups in total. The maximum Gasteiger partial charge on any atom is 0.126 e. The van der Waals surface area contributed by atoms with Crippen molar-refractivity contribution in [2.75, 3.05) is 0 Å². The topological polar surface area (TPSA) is 26.0 Å². The summed E-state index contributed by atoms with van der Waals surface area (Å²) in [5.74, 6) is -0.186. The van der Waals surface area contributed by atoms with Crippen LogP contribution in [0, 0.1) is 5.82 Å². The molecule has 0 aliphatic carbocycles. The molecule has 2 aromatic carbocycles. The summed E-state index contributed by atoms with van der Waals surface area (Å²) in [6.07, 6.45) is 2.65. The molecule has 2 rings (SSSR count). The van der Waals surface area contributed by atoms with Crippen LogP contribution in [0.4, 0.5) is 4.39 Å². The van der Waals surface area contributed by atoms with Gasteiger partial charge in [0, 0.05) is 5.54 Å². The predicted molar refractivity (Wildman–Crippen MR) is 82.1 cm³/mol. The summed E-state index contributed by atoms with van der Waals surface area (Å²) in [6.45, 7) is 4.12. The van der Waals surface area contributed by atoms with Gasteiger partial charge in [0.25, 0.3) is 0 Å². The lowest BCUT2D eigenvalue weighted by atomic mass is 9.85. The Morgan fingerprint density at radius 3 is 2.55 bits per heavy atom. The molecule has 0 aliphatic heterocycles. The van der Waals surface area contributed by atoms with Crippen molar-refractivity contribution >= 4 is 0 Å². The van der Waals surface area contributed by atoms with Crippen LogP contribution < -0.4 is 5.73 Å². The number of halogens is 1. The van der Waals surface area contributed by atoms with Crippen LogP contribution in [0.15, 0.2) is 48.5 Å². The minimum atomic E-state index is -0.564. The van der Waals surface area contributed by atoms with Crippen LogP contribution in [0.3, 0.4) is 0 Å². The van der Waals surface area contributed by atoms with Gasteiger partial charge < -0.3 is 5.73 Å². The largest absolute Gasteiger partial charge is 0.321 e. The van der Waals surface area contributed by atoms with E-state index in [-0.39, 0.29) is 5.82 Å². The minimum Gasteiger partial charge on any atom is -0.321 e. The molecule has 1 nitrogen and oxygen atoms in total. The van der Waals surface area contributed by atoms with Gasteiger partial charge in [-0.2, -0.15) is 0 Å². The zero-order valence-electron chi connectivity index (χ0n) is 12.2. The molecule has 1 atom stereocenters. The highest BCUT2D eigenvalue weighted by atomic mass is 19.1. The average Bonchev–Trinajstić information content (AvgIpc) is 2.42. The second-order valence-electron chi connectivity index (χ2n) is 5.64. The van der Waals surface area contributed by atoms with E-state index in [4.69, 9.17) is 5.73 Å². The zero-order valence-corrected chi connectivity index (χ0v) is 12.2. The highest BCUT2D eigenvalue weighted by Gasteiger charge is 2.23. The molecule has 0 bridgehead atoms. The average molecular weight is 271 g/mol. The van der Waals surface area contributed by atoms with Gasteiger partial charge in [0.1, 0.15) is 5.82 Å². The molecule has 2 heteroatoms. The van der Waals surface area contributed by atoms with Gasteiger partial charge in [-0.25, -0.2) is 4.39 Å². The maximum atomic E-state index is 13.8. The quantitative estimate of drug-likeness (QED) is 0.866. The standard InChI is InChI=1S/C18H22FN/c1-3-7-14-8-6-10-16(12-14)18(2,20)13-15-9-4-5-11-17(15)19/h4-6,8-12H,3,7,13,20H2,1-2H3. The summed E-state index contributed by atoms with van der Waals surface area (Å²) in [5, 5.41) is 0. The van der Waals surface area contributed by atoms with E-state index in [0.29, 0.717) is 12.0 Å². The Labute approximate surface area is 120 Å². The molecule has 0 radical (unpaired) electrons. The fraction of sp³-hybridized carbons (Fsp3) is 0.333. The molecule has 0 saturated heterocycles. The number of nitrogens with two attached hydrogens (primary N) is 1. The van der Waals surface area contributed by atoms with Crippen LogP contribution in [-0.2, 0) is 18.4 Å². The van der Waals surface area contributed by atoms with Gasteiger partial charge >= 0.3 is 0 Å². The highest BCUT2D eigenvalue weighted by molar-refractivity contribution is 5.31. The Morgan fingerprint density at radius 2 is 1.85 bits per heavy atom. The lowest BCUT2D eigenvalue weighted by Gasteiger charge is -2.26. The molecule has 0 heterocycles. The van der Waals surface area contributed by atoms with Crippen molar-refractivity contribution in [2.45, 2.75) is 38.6 Å². The van der Waals surface area contributed by atoms with Crippen molar-refractivity contribution in [1.82, 2.24) is 0 Å². The van der Waals surface area contributed by atoms with Crippen molar-refractivity contribution in [3.05, 3.63) is 71.0 Å². The molecule has 0 fully saturated rings. The summed E-state index contributed by atoms with van der Waals surface area (Å²) in [5.41, 5.74) is 8.89. The van der Waals surface area contributed by atoms with E-state index in [2.05, 4.69) is 19.1 Å². The zero-order chi connectivity index (χ0) is 14.6. The maximum absolute atomic E-state index is 13.8. The Hall–Kier alpha value is -1.67. The smallest absolute Gasteiger partial charge is 0.126 e. The Balaban J connectivity index is 2.25. The van der Waals surface area contributed by atoms with Gasteiger partial charge in [0.15, 0.2) is 0 Å². The molecular formula is C18H22FN. The van der Waals surface area contributed by atoms with Gasteiger partial charge in [-0.15, -0.1) is 0 Å². The number of benzene rings is 2. The number of aryl methyl sites for hydroxylation is 1. The first kappa shape index (κ1) is 14.7. The fourth-order valence-corrected chi connectivity index (χ4v) is 2.51. The van der Waals surface area contributed by atoms with Crippen LogP contribution in [0.2, 0.25) is 0 Å². The number of rotatable bonds is 5. The van der Waals surface area contributed by atoms with E-state index in [1.54, 1.807) is 12.1 Å². The predicted octanol–water partition coefficient (Wildman–Crippen LogP) is 4.19. The molecular weight excluding hydrogens is 249 g/mol. The summed E-state index contributed by atoms with van der Waals surface area (Å²) in [4.78, 5) is 0. The van der Waals surface area contributed by atoms with Crippen molar-refractivity contribution in [3.8, 4) is 0 Å². The second-order valence-corrected chi connectivity index (χ2v) is 5.64. The van der Waals surface area contributed by atoms with Crippen LogP contribution in [0.25, 0.3) is 0 Å². The van der Waals surface area contributed by atoms with Gasteiger partial charge in [-0.05, 0) is 42.5 Å². The third-order valence-electron chi connectivity index (χ3n) is 3.64. The SMILES string of the molecule is CCCc1cccc(C(C)(N)Cc2ccccc2F)c1. The third-order valence-corrected chi connectivity index (χ3v) is 3.64. The Bertz CT molecular complexity index is 575. The normalized spacial score (nSPS) is 14.0.